The summed E-state index contributed by atoms with van der Waals surface area (Å²) in [5, 5.41) is 0.720. The maximum atomic E-state index is 11.9. The minimum Gasteiger partial charge on any atom is -0.465 e. The molecule has 6 heteroatoms. The van der Waals surface area contributed by atoms with Gasteiger partial charge in [0.1, 0.15) is 11.5 Å². The van der Waals surface area contributed by atoms with E-state index in [0.29, 0.717) is 4.88 Å². The third-order valence-corrected chi connectivity index (χ3v) is 4.26. The number of rotatable bonds is 6. The fourth-order valence-corrected chi connectivity index (χ4v) is 2.73. The van der Waals surface area contributed by atoms with Crippen molar-refractivity contribution in [2.45, 2.75) is 25.9 Å². The standard InChI is InChI=1S/C16H17NO4S/c1-11(15-17-9-13(22-15)16(19)20-2)8-14(18)21-10-12-6-4-3-5-7-12/h3-7,9,11H,8,10H2,1-2H3. The van der Waals surface area contributed by atoms with Crippen molar-refractivity contribution in [2.24, 2.45) is 0 Å². The van der Waals surface area contributed by atoms with Gasteiger partial charge in [-0.2, -0.15) is 0 Å². The molecule has 0 aliphatic heterocycles. The summed E-state index contributed by atoms with van der Waals surface area (Å²) in [7, 11) is 1.33. The van der Waals surface area contributed by atoms with Gasteiger partial charge in [0.05, 0.1) is 24.7 Å². The molecular weight excluding hydrogens is 302 g/mol. The predicted octanol–water partition coefficient (Wildman–Crippen LogP) is 3.17. The fraction of sp³-hybridized carbons (Fsp3) is 0.312. The third kappa shape index (κ3) is 4.39. The lowest BCUT2D eigenvalue weighted by Gasteiger charge is -2.08. The molecule has 0 amide bonds. The van der Waals surface area contributed by atoms with Crippen LogP contribution in [-0.2, 0) is 20.9 Å². The highest BCUT2D eigenvalue weighted by molar-refractivity contribution is 7.13. The van der Waals surface area contributed by atoms with E-state index in [1.807, 2.05) is 37.3 Å². The minimum atomic E-state index is -0.414. The number of nitrogens with zero attached hydrogens (tertiary/aromatic N) is 1. The molecule has 1 unspecified atom stereocenters. The van der Waals surface area contributed by atoms with Crippen molar-refractivity contribution in [1.29, 1.82) is 0 Å². The van der Waals surface area contributed by atoms with E-state index in [1.54, 1.807) is 0 Å². The number of benzene rings is 1. The van der Waals surface area contributed by atoms with Crippen LogP contribution in [0.4, 0.5) is 0 Å². The number of methoxy groups -OCH3 is 1. The van der Waals surface area contributed by atoms with Crippen LogP contribution >= 0.6 is 11.3 Å². The molecule has 5 nitrogen and oxygen atoms in total. The molecule has 1 atom stereocenters. The van der Waals surface area contributed by atoms with Gasteiger partial charge >= 0.3 is 11.9 Å². The Labute approximate surface area is 132 Å². The van der Waals surface area contributed by atoms with Gasteiger partial charge < -0.3 is 9.47 Å². The van der Waals surface area contributed by atoms with Crippen LogP contribution in [-0.4, -0.2) is 24.0 Å². The first-order valence-electron chi connectivity index (χ1n) is 6.83. The molecule has 0 saturated heterocycles. The van der Waals surface area contributed by atoms with Crippen molar-refractivity contribution in [3.63, 3.8) is 0 Å². The molecule has 2 aromatic rings. The summed E-state index contributed by atoms with van der Waals surface area (Å²) in [4.78, 5) is 27.8. The van der Waals surface area contributed by atoms with Gasteiger partial charge in [0, 0.05) is 5.92 Å². The molecule has 0 N–H and O–H groups in total. The maximum Gasteiger partial charge on any atom is 0.349 e. The van der Waals surface area contributed by atoms with Crippen molar-refractivity contribution < 1.29 is 19.1 Å². The second kappa shape index (κ2) is 7.70. The van der Waals surface area contributed by atoms with Crippen molar-refractivity contribution >= 4 is 23.3 Å². The van der Waals surface area contributed by atoms with Gasteiger partial charge in [0.15, 0.2) is 0 Å². The van der Waals surface area contributed by atoms with Gasteiger partial charge in [-0.1, -0.05) is 37.3 Å². The fourth-order valence-electron chi connectivity index (χ4n) is 1.84. The quantitative estimate of drug-likeness (QED) is 0.765. The van der Waals surface area contributed by atoms with Crippen LogP contribution in [0.1, 0.15) is 39.5 Å². The Morgan fingerprint density at radius 2 is 2.00 bits per heavy atom. The number of esters is 2. The first-order chi connectivity index (χ1) is 10.6. The molecule has 0 spiro atoms. The third-order valence-electron chi connectivity index (χ3n) is 3.05. The molecule has 1 heterocycles. The van der Waals surface area contributed by atoms with Crippen molar-refractivity contribution in [3.05, 3.63) is 52.0 Å². The first kappa shape index (κ1) is 16.2. The largest absolute Gasteiger partial charge is 0.465 e. The summed E-state index contributed by atoms with van der Waals surface area (Å²) in [6.45, 7) is 2.14. The lowest BCUT2D eigenvalue weighted by Crippen LogP contribution is -2.08. The van der Waals surface area contributed by atoms with Gasteiger partial charge in [-0.25, -0.2) is 9.78 Å². The topological polar surface area (TPSA) is 65.5 Å². The predicted molar refractivity (Wildman–Crippen MR) is 82.7 cm³/mol. The first-order valence-corrected chi connectivity index (χ1v) is 7.65. The molecule has 22 heavy (non-hydrogen) atoms. The number of hydrogen-bond acceptors (Lipinski definition) is 6. The van der Waals surface area contributed by atoms with E-state index in [9.17, 15) is 9.59 Å². The summed E-state index contributed by atoms with van der Waals surface area (Å²) in [6, 6.07) is 9.51. The SMILES string of the molecule is COC(=O)c1cnc(C(C)CC(=O)OCc2ccccc2)s1. The van der Waals surface area contributed by atoms with Gasteiger partial charge in [-0.15, -0.1) is 11.3 Å². The normalized spacial score (nSPS) is 11.7. The van der Waals surface area contributed by atoms with Crippen LogP contribution in [0.15, 0.2) is 36.5 Å². The highest BCUT2D eigenvalue weighted by atomic mass is 32.1. The van der Waals surface area contributed by atoms with Crippen LogP contribution in [0, 0.1) is 0 Å². The van der Waals surface area contributed by atoms with E-state index >= 15 is 0 Å². The molecule has 0 radical (unpaired) electrons. The lowest BCUT2D eigenvalue weighted by atomic mass is 10.1. The smallest absolute Gasteiger partial charge is 0.349 e. The summed E-state index contributed by atoms with van der Waals surface area (Å²) in [6.07, 6.45) is 1.69. The molecular formula is C16H17NO4S. The zero-order chi connectivity index (χ0) is 15.9. The van der Waals surface area contributed by atoms with E-state index in [2.05, 4.69) is 9.72 Å². The zero-order valence-corrected chi connectivity index (χ0v) is 13.3. The Kier molecular flexibility index (Phi) is 5.66. The molecule has 0 aliphatic rings. The molecule has 1 aromatic heterocycles. The van der Waals surface area contributed by atoms with E-state index in [-0.39, 0.29) is 24.9 Å². The monoisotopic (exact) mass is 319 g/mol. The van der Waals surface area contributed by atoms with E-state index < -0.39 is 5.97 Å². The second-order valence-corrected chi connectivity index (χ2v) is 5.87. The van der Waals surface area contributed by atoms with Crippen molar-refractivity contribution in [1.82, 2.24) is 4.98 Å². The van der Waals surface area contributed by atoms with Gasteiger partial charge in [0.2, 0.25) is 0 Å². The highest BCUT2D eigenvalue weighted by Crippen LogP contribution is 2.25. The van der Waals surface area contributed by atoms with Crippen LogP contribution in [0.25, 0.3) is 0 Å². The average Bonchev–Trinajstić information content (AvgIpc) is 3.03. The summed E-state index contributed by atoms with van der Waals surface area (Å²) in [5.41, 5.74) is 0.950. The molecule has 1 aromatic carbocycles. The Morgan fingerprint density at radius 1 is 1.27 bits per heavy atom. The second-order valence-electron chi connectivity index (χ2n) is 4.81. The van der Waals surface area contributed by atoms with Crippen LogP contribution in [0.5, 0.6) is 0 Å². The molecule has 0 saturated carbocycles. The number of thiazole rings is 1. The van der Waals surface area contributed by atoms with Crippen LogP contribution in [0.3, 0.4) is 0 Å². The maximum absolute atomic E-state index is 11.9. The van der Waals surface area contributed by atoms with Gasteiger partial charge in [0.25, 0.3) is 0 Å². The lowest BCUT2D eigenvalue weighted by molar-refractivity contribution is -0.145. The van der Waals surface area contributed by atoms with E-state index in [0.717, 1.165) is 10.6 Å². The van der Waals surface area contributed by atoms with Crippen LogP contribution < -0.4 is 0 Å². The Morgan fingerprint density at radius 3 is 2.68 bits per heavy atom. The van der Waals surface area contributed by atoms with Gasteiger partial charge in [-0.3, -0.25) is 4.79 Å². The number of carbonyl (C=O) groups is 2. The molecule has 2 rings (SSSR count). The summed E-state index contributed by atoms with van der Waals surface area (Å²) >= 11 is 1.24. The molecule has 0 fully saturated rings. The number of aromatic nitrogens is 1. The summed E-state index contributed by atoms with van der Waals surface area (Å²) < 4.78 is 9.88. The molecule has 0 aliphatic carbocycles. The number of ether oxygens (including phenoxy) is 2. The average molecular weight is 319 g/mol. The Balaban J connectivity index is 1.85. The highest BCUT2D eigenvalue weighted by Gasteiger charge is 2.18. The van der Waals surface area contributed by atoms with Crippen molar-refractivity contribution in [2.75, 3.05) is 7.11 Å². The zero-order valence-electron chi connectivity index (χ0n) is 12.4. The Bertz CT molecular complexity index is 639. The van der Waals surface area contributed by atoms with E-state index in [4.69, 9.17) is 4.74 Å². The molecule has 116 valence electrons. The molecule has 0 bridgehead atoms. The minimum absolute atomic E-state index is 0.105. The van der Waals surface area contributed by atoms with E-state index in [1.165, 1.54) is 24.6 Å². The van der Waals surface area contributed by atoms with Gasteiger partial charge in [-0.05, 0) is 5.56 Å². The number of carbonyl (C=O) groups excluding carboxylic acids is 2. The van der Waals surface area contributed by atoms with Crippen molar-refractivity contribution in [3.8, 4) is 0 Å². The Hall–Kier alpha value is -2.21. The summed E-state index contributed by atoms with van der Waals surface area (Å²) in [5.74, 6) is -0.805. The van der Waals surface area contributed by atoms with Crippen LogP contribution in [0.2, 0.25) is 0 Å². The number of hydrogen-bond donors (Lipinski definition) is 0.